The third-order valence-electron chi connectivity index (χ3n) is 2.24. The van der Waals surface area contributed by atoms with E-state index < -0.39 is 10.9 Å². The summed E-state index contributed by atoms with van der Waals surface area (Å²) in [6.07, 6.45) is 0. The first kappa shape index (κ1) is 15.8. The highest BCUT2D eigenvalue weighted by atomic mass is 16.6. The third kappa shape index (κ3) is 4.44. The Labute approximate surface area is 114 Å². The summed E-state index contributed by atoms with van der Waals surface area (Å²) < 4.78 is 9.50. The summed E-state index contributed by atoms with van der Waals surface area (Å²) in [4.78, 5) is 25.4. The number of aliphatic hydroxyl groups excluding tert-OH is 1. The number of carbonyl (C=O) groups is 1. The first-order valence-electron chi connectivity index (χ1n) is 5.76. The van der Waals surface area contributed by atoms with E-state index in [1.807, 2.05) is 0 Å². The van der Waals surface area contributed by atoms with Crippen molar-refractivity contribution in [3.8, 4) is 0 Å². The number of nitro groups is 1. The first-order chi connectivity index (χ1) is 9.60. The van der Waals surface area contributed by atoms with Gasteiger partial charge in [0.1, 0.15) is 0 Å². The molecule has 0 atom stereocenters. The van der Waals surface area contributed by atoms with Crippen LogP contribution in [0.4, 0.5) is 11.5 Å². The molecule has 9 nitrogen and oxygen atoms in total. The molecule has 0 saturated heterocycles. The number of rotatable bonds is 8. The van der Waals surface area contributed by atoms with Crippen LogP contribution >= 0.6 is 0 Å². The maximum atomic E-state index is 11.3. The number of aromatic nitrogens is 1. The highest BCUT2D eigenvalue weighted by molar-refractivity contribution is 5.88. The average molecular weight is 285 g/mol. The molecule has 0 spiro atoms. The van der Waals surface area contributed by atoms with E-state index in [1.54, 1.807) is 0 Å². The number of hydrogen-bond acceptors (Lipinski definition) is 8. The Kier molecular flexibility index (Phi) is 6.33. The summed E-state index contributed by atoms with van der Waals surface area (Å²) in [6, 6.07) is 2.40. The van der Waals surface area contributed by atoms with E-state index in [1.165, 1.54) is 19.2 Å². The first-order valence-corrected chi connectivity index (χ1v) is 5.76. The molecular weight excluding hydrogens is 270 g/mol. The van der Waals surface area contributed by atoms with Crippen molar-refractivity contribution < 1.29 is 24.3 Å². The second-order valence-electron chi connectivity index (χ2n) is 3.58. The van der Waals surface area contributed by atoms with Crippen LogP contribution in [0.2, 0.25) is 0 Å². The molecule has 0 aliphatic heterocycles. The molecule has 1 rings (SSSR count). The topological polar surface area (TPSA) is 124 Å². The molecule has 20 heavy (non-hydrogen) atoms. The summed E-state index contributed by atoms with van der Waals surface area (Å²) in [5.74, 6) is -0.718. The Morgan fingerprint density at radius 2 is 2.25 bits per heavy atom. The average Bonchev–Trinajstić information content (AvgIpc) is 2.45. The van der Waals surface area contributed by atoms with Gasteiger partial charge in [-0.05, 0) is 6.07 Å². The molecule has 1 heterocycles. The van der Waals surface area contributed by atoms with E-state index in [9.17, 15) is 14.9 Å². The largest absolute Gasteiger partial charge is 0.464 e. The summed E-state index contributed by atoms with van der Waals surface area (Å²) in [7, 11) is 1.20. The number of nitrogens with zero attached hydrogens (tertiary/aromatic N) is 2. The van der Waals surface area contributed by atoms with Crippen LogP contribution in [0.5, 0.6) is 0 Å². The van der Waals surface area contributed by atoms with Crippen molar-refractivity contribution in [3.63, 3.8) is 0 Å². The van der Waals surface area contributed by atoms with Gasteiger partial charge in [0.05, 0.1) is 31.9 Å². The summed E-state index contributed by atoms with van der Waals surface area (Å²) in [5, 5.41) is 22.1. The molecule has 0 aliphatic rings. The minimum atomic E-state index is -0.681. The summed E-state index contributed by atoms with van der Waals surface area (Å²) >= 11 is 0. The molecule has 0 aliphatic carbocycles. The van der Waals surface area contributed by atoms with Crippen LogP contribution in [-0.4, -0.2) is 54.5 Å². The smallest absolute Gasteiger partial charge is 0.356 e. The quantitative estimate of drug-likeness (QED) is 0.300. The lowest BCUT2D eigenvalue weighted by atomic mass is 10.3. The van der Waals surface area contributed by atoms with Gasteiger partial charge in [-0.25, -0.2) is 9.78 Å². The monoisotopic (exact) mass is 285 g/mol. The predicted octanol–water partition coefficient (Wildman–Crippen LogP) is 0.197. The van der Waals surface area contributed by atoms with Crippen LogP contribution < -0.4 is 5.32 Å². The molecule has 110 valence electrons. The molecule has 0 saturated carbocycles. The van der Waals surface area contributed by atoms with Gasteiger partial charge in [-0.2, -0.15) is 0 Å². The number of anilines is 1. The van der Waals surface area contributed by atoms with Gasteiger partial charge in [0, 0.05) is 12.6 Å². The molecule has 0 aromatic carbocycles. The second-order valence-corrected chi connectivity index (χ2v) is 3.58. The van der Waals surface area contributed by atoms with Crippen molar-refractivity contribution in [3.05, 3.63) is 27.9 Å². The van der Waals surface area contributed by atoms with E-state index in [0.717, 1.165) is 0 Å². The van der Waals surface area contributed by atoms with Crippen LogP contribution in [0.3, 0.4) is 0 Å². The van der Waals surface area contributed by atoms with Crippen LogP contribution in [0.1, 0.15) is 10.5 Å². The molecular formula is C11H15N3O6. The second kappa shape index (κ2) is 8.02. The Hall–Kier alpha value is -2.26. The van der Waals surface area contributed by atoms with Crippen LogP contribution in [-0.2, 0) is 9.47 Å². The van der Waals surface area contributed by atoms with E-state index >= 15 is 0 Å². The number of hydrogen-bond donors (Lipinski definition) is 2. The van der Waals surface area contributed by atoms with E-state index in [-0.39, 0.29) is 43.6 Å². The van der Waals surface area contributed by atoms with Crippen molar-refractivity contribution in [2.75, 3.05) is 38.8 Å². The molecule has 0 bridgehead atoms. The van der Waals surface area contributed by atoms with Gasteiger partial charge in [-0.15, -0.1) is 0 Å². The predicted molar refractivity (Wildman–Crippen MR) is 68.6 cm³/mol. The lowest BCUT2D eigenvalue weighted by Gasteiger charge is -2.07. The molecule has 2 N–H and O–H groups in total. The molecule has 0 fully saturated rings. The zero-order valence-corrected chi connectivity index (χ0v) is 10.9. The van der Waals surface area contributed by atoms with Crippen molar-refractivity contribution >= 4 is 17.5 Å². The van der Waals surface area contributed by atoms with Gasteiger partial charge < -0.3 is 19.9 Å². The Morgan fingerprint density at radius 3 is 2.85 bits per heavy atom. The van der Waals surface area contributed by atoms with Gasteiger partial charge in [0.2, 0.25) is 5.82 Å². The maximum Gasteiger partial charge on any atom is 0.356 e. The number of nitrogens with one attached hydrogen (secondary N) is 1. The van der Waals surface area contributed by atoms with E-state index in [2.05, 4.69) is 15.0 Å². The molecule has 9 heteroatoms. The fourth-order valence-electron chi connectivity index (χ4n) is 1.36. The third-order valence-corrected chi connectivity index (χ3v) is 2.24. The lowest BCUT2D eigenvalue weighted by molar-refractivity contribution is -0.384. The molecule has 1 aromatic heterocycles. The van der Waals surface area contributed by atoms with Crippen LogP contribution in [0.15, 0.2) is 12.1 Å². The minimum absolute atomic E-state index is 0.0307. The van der Waals surface area contributed by atoms with E-state index in [0.29, 0.717) is 0 Å². The van der Waals surface area contributed by atoms with Gasteiger partial charge in [-0.3, -0.25) is 10.1 Å². The molecule has 0 radical (unpaired) electrons. The summed E-state index contributed by atoms with van der Waals surface area (Å²) in [6.45, 7) is 0.565. The van der Waals surface area contributed by atoms with Crippen molar-refractivity contribution in [2.24, 2.45) is 0 Å². The van der Waals surface area contributed by atoms with Gasteiger partial charge >= 0.3 is 11.7 Å². The van der Waals surface area contributed by atoms with Crippen molar-refractivity contribution in [1.29, 1.82) is 0 Å². The molecule has 1 aromatic rings. The number of carbonyl (C=O) groups excluding carboxylic acids is 1. The number of aliphatic hydroxyl groups is 1. The number of methoxy groups -OCH3 is 1. The maximum absolute atomic E-state index is 11.3. The standard InChI is InChI=1S/C11H15N3O6/c1-19-11(16)8-2-3-9(14(17)18)10(13-8)12-4-6-20-7-5-15/h2-3,15H,4-7H2,1H3,(H,12,13). The van der Waals surface area contributed by atoms with Crippen LogP contribution in [0.25, 0.3) is 0 Å². The van der Waals surface area contributed by atoms with Gasteiger partial charge in [0.25, 0.3) is 0 Å². The highest BCUT2D eigenvalue weighted by Crippen LogP contribution is 2.22. The Bertz CT molecular complexity index is 479. The minimum Gasteiger partial charge on any atom is -0.464 e. The zero-order valence-electron chi connectivity index (χ0n) is 10.9. The van der Waals surface area contributed by atoms with Gasteiger partial charge in [0.15, 0.2) is 5.69 Å². The Balaban J connectivity index is 2.78. The lowest BCUT2D eigenvalue weighted by Crippen LogP contribution is -2.14. The number of ether oxygens (including phenoxy) is 2. The van der Waals surface area contributed by atoms with Crippen molar-refractivity contribution in [2.45, 2.75) is 0 Å². The van der Waals surface area contributed by atoms with Crippen LogP contribution in [0, 0.1) is 10.1 Å². The zero-order chi connectivity index (χ0) is 15.0. The van der Waals surface area contributed by atoms with E-state index in [4.69, 9.17) is 9.84 Å². The number of pyridine rings is 1. The highest BCUT2D eigenvalue weighted by Gasteiger charge is 2.18. The van der Waals surface area contributed by atoms with Crippen molar-refractivity contribution in [1.82, 2.24) is 4.98 Å². The normalized spacial score (nSPS) is 10.1. The SMILES string of the molecule is COC(=O)c1ccc([N+](=O)[O-])c(NCCOCCO)n1. The number of esters is 1. The fourth-order valence-corrected chi connectivity index (χ4v) is 1.36. The fraction of sp³-hybridized carbons (Fsp3) is 0.455. The van der Waals surface area contributed by atoms with Gasteiger partial charge in [-0.1, -0.05) is 0 Å². The Morgan fingerprint density at radius 1 is 1.50 bits per heavy atom. The summed E-state index contributed by atoms with van der Waals surface area (Å²) in [5.41, 5.74) is -0.281. The molecule has 0 unspecified atom stereocenters. The molecule has 0 amide bonds.